The molecule has 158 valence electrons. The molecule has 0 saturated carbocycles. The normalized spacial score (nSPS) is 18.8. The fraction of sp³-hybridized carbons (Fsp3) is 0.391. The number of fused-ring (bicyclic) bond motifs is 1. The number of rotatable bonds is 6. The van der Waals surface area contributed by atoms with Crippen molar-refractivity contribution < 1.29 is 19.1 Å². The number of benzene rings is 2. The monoisotopic (exact) mass is 409 g/mol. The van der Waals surface area contributed by atoms with Gasteiger partial charge in [-0.05, 0) is 37.5 Å². The molecule has 1 saturated heterocycles. The number of amides is 3. The van der Waals surface area contributed by atoms with Crippen LogP contribution >= 0.6 is 0 Å². The lowest BCUT2D eigenvalue weighted by atomic mass is 10.1. The van der Waals surface area contributed by atoms with Gasteiger partial charge < -0.3 is 25.0 Å². The number of urea groups is 1. The Bertz CT molecular complexity index is 903. The predicted molar refractivity (Wildman–Crippen MR) is 114 cm³/mol. The minimum absolute atomic E-state index is 0.0193. The smallest absolute Gasteiger partial charge is 0.315 e. The zero-order chi connectivity index (χ0) is 20.9. The van der Waals surface area contributed by atoms with Crippen LogP contribution in [0.1, 0.15) is 25.3 Å². The minimum Gasteiger partial charge on any atom is -0.486 e. The third-order valence-electron chi connectivity index (χ3n) is 5.38. The molecule has 0 aliphatic carbocycles. The molecule has 2 aliphatic heterocycles. The summed E-state index contributed by atoms with van der Waals surface area (Å²) in [6.07, 6.45) is 2.03. The Balaban J connectivity index is 1.27. The first kappa shape index (κ1) is 20.1. The summed E-state index contributed by atoms with van der Waals surface area (Å²) in [6.45, 7) is 3.45. The van der Waals surface area contributed by atoms with Crippen LogP contribution in [0.25, 0.3) is 0 Å². The number of anilines is 1. The number of nitrogens with one attached hydrogen (secondary N) is 2. The van der Waals surface area contributed by atoms with Crippen molar-refractivity contribution in [2.45, 2.75) is 38.3 Å². The molecule has 0 spiro atoms. The van der Waals surface area contributed by atoms with E-state index in [1.807, 2.05) is 43.3 Å². The van der Waals surface area contributed by atoms with Crippen molar-refractivity contribution in [3.05, 3.63) is 54.1 Å². The van der Waals surface area contributed by atoms with E-state index in [2.05, 4.69) is 22.8 Å². The van der Waals surface area contributed by atoms with Crippen LogP contribution in [0.15, 0.2) is 48.5 Å². The summed E-state index contributed by atoms with van der Waals surface area (Å²) in [4.78, 5) is 26.6. The highest BCUT2D eigenvalue weighted by Crippen LogP contribution is 2.35. The lowest BCUT2D eigenvalue weighted by molar-refractivity contribution is -0.117. The summed E-state index contributed by atoms with van der Waals surface area (Å²) in [5.74, 6) is 1.32. The van der Waals surface area contributed by atoms with Crippen LogP contribution in [0.3, 0.4) is 0 Å². The average molecular weight is 409 g/mol. The summed E-state index contributed by atoms with van der Waals surface area (Å²) < 4.78 is 11.1. The Morgan fingerprint density at radius 1 is 1.13 bits per heavy atom. The largest absolute Gasteiger partial charge is 0.486 e. The second-order valence-electron chi connectivity index (χ2n) is 7.78. The van der Waals surface area contributed by atoms with Crippen molar-refractivity contribution in [1.82, 2.24) is 10.6 Å². The zero-order valence-corrected chi connectivity index (χ0v) is 17.1. The van der Waals surface area contributed by atoms with E-state index in [0.29, 0.717) is 31.3 Å². The second kappa shape index (κ2) is 9.07. The maximum Gasteiger partial charge on any atom is 0.315 e. The topological polar surface area (TPSA) is 79.9 Å². The zero-order valence-electron chi connectivity index (χ0n) is 17.1. The maximum atomic E-state index is 12.5. The molecule has 4 rings (SSSR count). The molecule has 3 amide bonds. The molecule has 0 radical (unpaired) electrons. The minimum atomic E-state index is -0.239. The van der Waals surface area contributed by atoms with Gasteiger partial charge in [-0.25, -0.2) is 4.79 Å². The van der Waals surface area contributed by atoms with Crippen molar-refractivity contribution in [3.8, 4) is 11.5 Å². The molecule has 2 aromatic carbocycles. The SMILES string of the molecule is C[C@@H](CCc1ccccc1)NC(=O)N[C@H]1CC(=O)N(c2ccc3c(c2)OCCO3)C1. The molecule has 7 nitrogen and oxygen atoms in total. The number of carbonyl (C=O) groups excluding carboxylic acids is 2. The van der Waals surface area contributed by atoms with Crippen molar-refractivity contribution >= 4 is 17.6 Å². The molecular formula is C23H27N3O4. The number of ether oxygens (including phenoxy) is 2. The van der Waals surface area contributed by atoms with E-state index in [9.17, 15) is 9.59 Å². The van der Waals surface area contributed by atoms with Crippen LogP contribution in [-0.4, -0.2) is 43.8 Å². The Morgan fingerprint density at radius 2 is 1.90 bits per heavy atom. The van der Waals surface area contributed by atoms with Crippen molar-refractivity contribution in [3.63, 3.8) is 0 Å². The van der Waals surface area contributed by atoms with Gasteiger partial charge in [0.15, 0.2) is 11.5 Å². The lowest BCUT2D eigenvalue weighted by Crippen LogP contribution is -2.46. The Kier molecular flexibility index (Phi) is 6.07. The van der Waals surface area contributed by atoms with E-state index in [-0.39, 0.29) is 30.4 Å². The van der Waals surface area contributed by atoms with Crippen LogP contribution in [0, 0.1) is 0 Å². The third-order valence-corrected chi connectivity index (χ3v) is 5.38. The molecular weight excluding hydrogens is 382 g/mol. The van der Waals surface area contributed by atoms with E-state index >= 15 is 0 Å². The molecule has 7 heteroatoms. The summed E-state index contributed by atoms with van der Waals surface area (Å²) in [5.41, 5.74) is 2.01. The van der Waals surface area contributed by atoms with E-state index in [1.165, 1.54) is 5.56 Å². The molecule has 2 N–H and O–H groups in total. The summed E-state index contributed by atoms with van der Waals surface area (Å²) in [6, 6.07) is 15.3. The van der Waals surface area contributed by atoms with Crippen LogP contribution < -0.4 is 25.0 Å². The van der Waals surface area contributed by atoms with Crippen molar-refractivity contribution in [1.29, 1.82) is 0 Å². The number of nitrogens with zero attached hydrogens (tertiary/aromatic N) is 1. The first-order valence-electron chi connectivity index (χ1n) is 10.4. The van der Waals surface area contributed by atoms with E-state index in [0.717, 1.165) is 18.5 Å². The first-order valence-corrected chi connectivity index (χ1v) is 10.4. The van der Waals surface area contributed by atoms with Gasteiger partial charge in [0, 0.05) is 30.8 Å². The Morgan fingerprint density at radius 3 is 2.70 bits per heavy atom. The summed E-state index contributed by atoms with van der Waals surface area (Å²) in [7, 11) is 0. The van der Waals surface area contributed by atoms with Gasteiger partial charge in [-0.3, -0.25) is 4.79 Å². The summed E-state index contributed by atoms with van der Waals surface area (Å²) in [5, 5.41) is 5.90. The molecule has 1 fully saturated rings. The second-order valence-corrected chi connectivity index (χ2v) is 7.78. The fourth-order valence-corrected chi connectivity index (χ4v) is 3.80. The number of carbonyl (C=O) groups is 2. The quantitative estimate of drug-likeness (QED) is 0.769. The van der Waals surface area contributed by atoms with E-state index in [4.69, 9.17) is 9.47 Å². The Labute approximate surface area is 176 Å². The highest BCUT2D eigenvalue weighted by Gasteiger charge is 2.32. The molecule has 30 heavy (non-hydrogen) atoms. The molecule has 0 aromatic heterocycles. The Hall–Kier alpha value is -3.22. The van der Waals surface area contributed by atoms with Gasteiger partial charge >= 0.3 is 6.03 Å². The number of hydrogen-bond donors (Lipinski definition) is 2. The fourth-order valence-electron chi connectivity index (χ4n) is 3.80. The van der Waals surface area contributed by atoms with Crippen LogP contribution in [-0.2, 0) is 11.2 Å². The number of aryl methyl sites for hydroxylation is 1. The summed E-state index contributed by atoms with van der Waals surface area (Å²) >= 11 is 0. The van der Waals surface area contributed by atoms with Gasteiger partial charge in [0.25, 0.3) is 0 Å². The number of hydrogen-bond acceptors (Lipinski definition) is 4. The van der Waals surface area contributed by atoms with Gasteiger partial charge in [0.2, 0.25) is 5.91 Å². The van der Waals surface area contributed by atoms with Crippen LogP contribution in [0.2, 0.25) is 0 Å². The highest BCUT2D eigenvalue weighted by molar-refractivity contribution is 5.97. The lowest BCUT2D eigenvalue weighted by Gasteiger charge is -2.22. The van der Waals surface area contributed by atoms with Gasteiger partial charge in [0.1, 0.15) is 13.2 Å². The molecule has 2 aliphatic rings. The highest BCUT2D eigenvalue weighted by atomic mass is 16.6. The molecule has 0 bridgehead atoms. The van der Waals surface area contributed by atoms with Gasteiger partial charge in [0.05, 0.1) is 6.04 Å². The maximum absolute atomic E-state index is 12.5. The van der Waals surface area contributed by atoms with Gasteiger partial charge in [-0.15, -0.1) is 0 Å². The standard InChI is InChI=1S/C23H27N3O4/c1-16(7-8-17-5-3-2-4-6-17)24-23(28)25-18-13-22(27)26(15-18)19-9-10-20-21(14-19)30-12-11-29-20/h2-6,9-10,14,16,18H,7-8,11-13,15H2,1H3,(H2,24,25,28)/t16-,18-/m0/s1. The molecule has 2 aromatic rings. The van der Waals surface area contributed by atoms with Crippen LogP contribution in [0.4, 0.5) is 10.5 Å². The van der Waals surface area contributed by atoms with Crippen molar-refractivity contribution in [2.75, 3.05) is 24.7 Å². The van der Waals surface area contributed by atoms with E-state index < -0.39 is 0 Å². The average Bonchev–Trinajstić information content (AvgIpc) is 3.12. The van der Waals surface area contributed by atoms with Crippen LogP contribution in [0.5, 0.6) is 11.5 Å². The third kappa shape index (κ3) is 4.84. The first-order chi connectivity index (χ1) is 14.6. The van der Waals surface area contributed by atoms with Gasteiger partial charge in [-0.1, -0.05) is 30.3 Å². The van der Waals surface area contributed by atoms with Crippen molar-refractivity contribution in [2.24, 2.45) is 0 Å². The molecule has 2 atom stereocenters. The molecule has 0 unspecified atom stereocenters. The van der Waals surface area contributed by atoms with E-state index in [1.54, 1.807) is 4.90 Å². The molecule has 2 heterocycles. The van der Waals surface area contributed by atoms with Gasteiger partial charge in [-0.2, -0.15) is 0 Å². The predicted octanol–water partition coefficient (Wildman–Crippen LogP) is 2.88.